The normalized spacial score (nSPS) is 24.8. The van der Waals surface area contributed by atoms with Gasteiger partial charge in [-0.2, -0.15) is 0 Å². The largest absolute Gasteiger partial charge is 0.375 e. The highest BCUT2D eigenvalue weighted by Crippen LogP contribution is 2.34. The standard InChI is InChI=1S/C10H18N2O2/c1-14-6-9(13)12-4-2-10(3-5-12)7-11-8-10/h11H,2-8H2,1H3. The van der Waals surface area contributed by atoms with E-state index in [2.05, 4.69) is 5.32 Å². The fourth-order valence-corrected chi connectivity index (χ4v) is 2.28. The number of methoxy groups -OCH3 is 1. The highest BCUT2D eigenvalue weighted by atomic mass is 16.5. The van der Waals surface area contributed by atoms with E-state index in [0.29, 0.717) is 5.41 Å². The zero-order chi connectivity index (χ0) is 10.0. The van der Waals surface area contributed by atoms with Crippen molar-refractivity contribution in [2.75, 3.05) is 39.9 Å². The van der Waals surface area contributed by atoms with Crippen LogP contribution in [0, 0.1) is 5.41 Å². The van der Waals surface area contributed by atoms with Gasteiger partial charge in [0.2, 0.25) is 5.91 Å². The predicted molar refractivity (Wildman–Crippen MR) is 53.0 cm³/mol. The van der Waals surface area contributed by atoms with E-state index in [1.54, 1.807) is 7.11 Å². The second-order valence-electron chi connectivity index (χ2n) is 4.42. The van der Waals surface area contributed by atoms with E-state index in [1.165, 1.54) is 0 Å². The van der Waals surface area contributed by atoms with Crippen LogP contribution in [0.3, 0.4) is 0 Å². The summed E-state index contributed by atoms with van der Waals surface area (Å²) in [4.78, 5) is 13.4. The molecular weight excluding hydrogens is 180 g/mol. The molecule has 0 aromatic carbocycles. The van der Waals surface area contributed by atoms with Gasteiger partial charge in [0.25, 0.3) is 0 Å². The van der Waals surface area contributed by atoms with Crippen molar-refractivity contribution in [2.24, 2.45) is 5.41 Å². The number of piperidine rings is 1. The van der Waals surface area contributed by atoms with Gasteiger partial charge >= 0.3 is 0 Å². The Bertz CT molecular complexity index is 216. The molecule has 0 atom stereocenters. The molecule has 2 aliphatic heterocycles. The number of nitrogens with one attached hydrogen (secondary N) is 1. The number of carbonyl (C=O) groups is 1. The minimum atomic E-state index is 0.134. The molecule has 1 spiro atoms. The van der Waals surface area contributed by atoms with Crippen LogP contribution in [0.1, 0.15) is 12.8 Å². The molecular formula is C10H18N2O2. The van der Waals surface area contributed by atoms with Gasteiger partial charge in [0.15, 0.2) is 0 Å². The fraction of sp³-hybridized carbons (Fsp3) is 0.900. The summed E-state index contributed by atoms with van der Waals surface area (Å²) in [7, 11) is 1.57. The summed E-state index contributed by atoms with van der Waals surface area (Å²) in [6.07, 6.45) is 2.30. The van der Waals surface area contributed by atoms with E-state index in [9.17, 15) is 4.79 Å². The lowest BCUT2D eigenvalue weighted by Gasteiger charge is -2.48. The van der Waals surface area contributed by atoms with E-state index in [-0.39, 0.29) is 12.5 Å². The topological polar surface area (TPSA) is 41.6 Å². The third kappa shape index (κ3) is 1.77. The lowest BCUT2D eigenvalue weighted by Crippen LogP contribution is -2.59. The first-order chi connectivity index (χ1) is 6.76. The maximum Gasteiger partial charge on any atom is 0.248 e. The first-order valence-electron chi connectivity index (χ1n) is 5.23. The van der Waals surface area contributed by atoms with Crippen LogP contribution in [0.2, 0.25) is 0 Å². The zero-order valence-electron chi connectivity index (χ0n) is 8.71. The number of likely N-dealkylation sites (tertiary alicyclic amines) is 1. The van der Waals surface area contributed by atoms with Gasteiger partial charge in [0.1, 0.15) is 6.61 Å². The molecule has 4 heteroatoms. The third-order valence-electron chi connectivity index (χ3n) is 3.44. The molecule has 0 saturated carbocycles. The summed E-state index contributed by atoms with van der Waals surface area (Å²) in [5.41, 5.74) is 0.518. The van der Waals surface area contributed by atoms with E-state index in [4.69, 9.17) is 4.74 Å². The molecule has 2 aliphatic rings. The van der Waals surface area contributed by atoms with Gasteiger partial charge in [0, 0.05) is 33.3 Å². The summed E-state index contributed by atoms with van der Waals surface area (Å²) in [6, 6.07) is 0. The Morgan fingerprint density at radius 3 is 2.50 bits per heavy atom. The summed E-state index contributed by atoms with van der Waals surface area (Å²) in [6.45, 7) is 4.32. The van der Waals surface area contributed by atoms with Gasteiger partial charge in [0.05, 0.1) is 0 Å². The summed E-state index contributed by atoms with van der Waals surface area (Å²) in [5, 5.41) is 3.31. The average Bonchev–Trinajstić information content (AvgIpc) is 2.16. The average molecular weight is 198 g/mol. The monoisotopic (exact) mass is 198 g/mol. The Kier molecular flexibility index (Phi) is 2.74. The van der Waals surface area contributed by atoms with Crippen LogP contribution < -0.4 is 5.32 Å². The molecule has 1 amide bonds. The molecule has 0 aromatic rings. The Morgan fingerprint density at radius 1 is 1.43 bits per heavy atom. The Labute approximate surface area is 84.6 Å². The quantitative estimate of drug-likeness (QED) is 0.670. The van der Waals surface area contributed by atoms with Crippen molar-refractivity contribution in [1.82, 2.24) is 10.2 Å². The number of amides is 1. The van der Waals surface area contributed by atoms with Crippen LogP contribution in [-0.4, -0.2) is 50.7 Å². The highest BCUT2D eigenvalue weighted by Gasteiger charge is 2.40. The molecule has 0 unspecified atom stereocenters. The SMILES string of the molecule is COCC(=O)N1CCC2(CC1)CNC2. The van der Waals surface area contributed by atoms with Crippen molar-refractivity contribution in [3.63, 3.8) is 0 Å². The van der Waals surface area contributed by atoms with Crippen LogP contribution in [0.4, 0.5) is 0 Å². The molecule has 2 fully saturated rings. The molecule has 2 heterocycles. The number of hydrogen-bond donors (Lipinski definition) is 1. The summed E-state index contributed by atoms with van der Waals surface area (Å²) >= 11 is 0. The number of nitrogens with zero attached hydrogens (tertiary/aromatic N) is 1. The lowest BCUT2D eigenvalue weighted by atomic mass is 9.73. The first kappa shape index (κ1) is 9.93. The summed E-state index contributed by atoms with van der Waals surface area (Å²) in [5.74, 6) is 0.134. The van der Waals surface area contributed by atoms with Crippen LogP contribution in [0.15, 0.2) is 0 Å². The zero-order valence-corrected chi connectivity index (χ0v) is 8.71. The van der Waals surface area contributed by atoms with Gasteiger partial charge in [-0.05, 0) is 18.3 Å². The van der Waals surface area contributed by atoms with Crippen molar-refractivity contribution in [3.8, 4) is 0 Å². The first-order valence-corrected chi connectivity index (χ1v) is 5.23. The fourth-order valence-electron chi connectivity index (χ4n) is 2.28. The molecule has 14 heavy (non-hydrogen) atoms. The minimum absolute atomic E-state index is 0.134. The Morgan fingerprint density at radius 2 is 2.07 bits per heavy atom. The van der Waals surface area contributed by atoms with Gasteiger partial charge in [-0.1, -0.05) is 0 Å². The van der Waals surface area contributed by atoms with Crippen molar-refractivity contribution in [1.29, 1.82) is 0 Å². The van der Waals surface area contributed by atoms with Crippen LogP contribution in [0.25, 0.3) is 0 Å². The number of hydrogen-bond acceptors (Lipinski definition) is 3. The molecule has 0 aromatic heterocycles. The van der Waals surface area contributed by atoms with Crippen LogP contribution >= 0.6 is 0 Å². The Hall–Kier alpha value is -0.610. The highest BCUT2D eigenvalue weighted by molar-refractivity contribution is 5.77. The van der Waals surface area contributed by atoms with Gasteiger partial charge in [-0.25, -0.2) is 0 Å². The molecule has 2 rings (SSSR count). The van der Waals surface area contributed by atoms with Gasteiger partial charge in [-0.15, -0.1) is 0 Å². The molecule has 0 radical (unpaired) electrons. The summed E-state index contributed by atoms with van der Waals surface area (Å²) < 4.78 is 4.85. The molecule has 1 N–H and O–H groups in total. The molecule has 4 nitrogen and oxygen atoms in total. The molecule has 0 bridgehead atoms. The van der Waals surface area contributed by atoms with Gasteiger partial charge in [-0.3, -0.25) is 4.79 Å². The predicted octanol–water partition coefficient (Wildman–Crippen LogP) is -0.155. The van der Waals surface area contributed by atoms with Crippen LogP contribution in [-0.2, 0) is 9.53 Å². The maximum atomic E-state index is 11.5. The smallest absolute Gasteiger partial charge is 0.248 e. The van der Waals surface area contributed by atoms with E-state index >= 15 is 0 Å². The molecule has 0 aliphatic carbocycles. The number of rotatable bonds is 2. The van der Waals surface area contributed by atoms with E-state index < -0.39 is 0 Å². The van der Waals surface area contributed by atoms with Crippen molar-refractivity contribution >= 4 is 5.91 Å². The second kappa shape index (κ2) is 3.87. The van der Waals surface area contributed by atoms with Crippen molar-refractivity contribution in [2.45, 2.75) is 12.8 Å². The van der Waals surface area contributed by atoms with Crippen molar-refractivity contribution in [3.05, 3.63) is 0 Å². The third-order valence-corrected chi connectivity index (χ3v) is 3.44. The maximum absolute atomic E-state index is 11.5. The number of ether oxygens (including phenoxy) is 1. The van der Waals surface area contributed by atoms with E-state index in [0.717, 1.165) is 39.0 Å². The van der Waals surface area contributed by atoms with Crippen molar-refractivity contribution < 1.29 is 9.53 Å². The second-order valence-corrected chi connectivity index (χ2v) is 4.42. The molecule has 2 saturated heterocycles. The lowest BCUT2D eigenvalue weighted by molar-refractivity contribution is -0.138. The molecule has 80 valence electrons. The Balaban J connectivity index is 1.80. The van der Waals surface area contributed by atoms with Gasteiger partial charge < -0.3 is 15.0 Å². The van der Waals surface area contributed by atoms with E-state index in [1.807, 2.05) is 4.90 Å². The van der Waals surface area contributed by atoms with Crippen LogP contribution in [0.5, 0.6) is 0 Å². The number of carbonyl (C=O) groups excluding carboxylic acids is 1. The minimum Gasteiger partial charge on any atom is -0.375 e.